The summed E-state index contributed by atoms with van der Waals surface area (Å²) in [5.41, 5.74) is 6.39. The number of nitrogens with two attached hydrogens (primary N) is 1. The summed E-state index contributed by atoms with van der Waals surface area (Å²) >= 11 is 5.28. The highest BCUT2D eigenvalue weighted by Gasteiger charge is 2.29. The van der Waals surface area contributed by atoms with Crippen LogP contribution in [0.3, 0.4) is 0 Å². The summed E-state index contributed by atoms with van der Waals surface area (Å²) in [6.07, 6.45) is 6.07. The molecule has 1 aromatic rings. The first-order valence-corrected chi connectivity index (χ1v) is 6.37. The van der Waals surface area contributed by atoms with Crippen molar-refractivity contribution in [1.29, 1.82) is 0 Å². The highest BCUT2D eigenvalue weighted by molar-refractivity contribution is 9.10. The molecule has 13 heavy (non-hydrogen) atoms. The zero-order chi connectivity index (χ0) is 9.31. The van der Waals surface area contributed by atoms with Crippen molar-refractivity contribution in [3.05, 3.63) is 20.8 Å². The number of thiophene rings is 1. The van der Waals surface area contributed by atoms with Gasteiger partial charge in [0, 0.05) is 20.3 Å². The maximum Gasteiger partial charge on any atom is 0.0285 e. The molecule has 1 aliphatic rings. The number of hydrogen-bond acceptors (Lipinski definition) is 2. The molecule has 72 valence electrons. The lowest BCUT2D eigenvalue weighted by Gasteiger charge is -2.22. The first-order chi connectivity index (χ1) is 6.18. The van der Waals surface area contributed by atoms with Crippen LogP contribution in [0, 0.1) is 0 Å². The van der Waals surface area contributed by atoms with Crippen molar-refractivity contribution in [2.45, 2.75) is 37.6 Å². The van der Waals surface area contributed by atoms with Crippen molar-refractivity contribution in [3.63, 3.8) is 0 Å². The van der Waals surface area contributed by atoms with Gasteiger partial charge in [0.2, 0.25) is 0 Å². The Hall–Kier alpha value is 0.140. The van der Waals surface area contributed by atoms with Crippen LogP contribution in [-0.2, 0) is 6.42 Å². The zero-order valence-corrected chi connectivity index (χ0v) is 9.96. The van der Waals surface area contributed by atoms with Gasteiger partial charge in [-0.05, 0) is 41.3 Å². The summed E-state index contributed by atoms with van der Waals surface area (Å²) in [7, 11) is 0. The molecule has 0 spiro atoms. The van der Waals surface area contributed by atoms with Crippen LogP contribution in [-0.4, -0.2) is 5.54 Å². The van der Waals surface area contributed by atoms with E-state index in [2.05, 4.69) is 27.4 Å². The van der Waals surface area contributed by atoms with Gasteiger partial charge in [-0.1, -0.05) is 12.8 Å². The minimum atomic E-state index is 0.101. The van der Waals surface area contributed by atoms with E-state index in [-0.39, 0.29) is 5.54 Å². The van der Waals surface area contributed by atoms with Gasteiger partial charge >= 0.3 is 0 Å². The third-order valence-corrected chi connectivity index (χ3v) is 4.45. The van der Waals surface area contributed by atoms with Gasteiger partial charge in [0.05, 0.1) is 0 Å². The molecule has 0 atom stereocenters. The van der Waals surface area contributed by atoms with E-state index in [1.807, 2.05) is 11.3 Å². The highest BCUT2D eigenvalue weighted by Crippen LogP contribution is 2.32. The van der Waals surface area contributed by atoms with Gasteiger partial charge in [0.15, 0.2) is 0 Å². The Labute approximate surface area is 91.5 Å². The molecule has 0 aromatic carbocycles. The molecule has 0 saturated heterocycles. The fourth-order valence-electron chi connectivity index (χ4n) is 2.05. The Morgan fingerprint density at radius 2 is 2.15 bits per heavy atom. The third kappa shape index (κ3) is 2.33. The molecule has 2 N–H and O–H groups in total. The molecule has 1 aliphatic carbocycles. The standard InChI is InChI=1S/C10H14BrNS/c11-8-5-9(13-7-8)6-10(12)3-1-2-4-10/h5,7H,1-4,6,12H2. The highest BCUT2D eigenvalue weighted by atomic mass is 79.9. The van der Waals surface area contributed by atoms with E-state index in [0.717, 1.165) is 6.42 Å². The molecule has 2 rings (SSSR count). The molecule has 0 radical (unpaired) electrons. The number of hydrogen-bond donors (Lipinski definition) is 1. The Bertz CT molecular complexity index is 289. The van der Waals surface area contributed by atoms with Crippen molar-refractivity contribution in [2.75, 3.05) is 0 Å². The lowest BCUT2D eigenvalue weighted by Crippen LogP contribution is -2.38. The molecule has 1 heterocycles. The molecule has 3 heteroatoms. The van der Waals surface area contributed by atoms with Crippen LogP contribution in [0.5, 0.6) is 0 Å². The lowest BCUT2D eigenvalue weighted by atomic mass is 9.94. The smallest absolute Gasteiger partial charge is 0.0285 e. The monoisotopic (exact) mass is 259 g/mol. The Kier molecular flexibility index (Phi) is 2.77. The molecular formula is C10H14BrNS. The van der Waals surface area contributed by atoms with Gasteiger partial charge in [0.25, 0.3) is 0 Å². The lowest BCUT2D eigenvalue weighted by molar-refractivity contribution is 0.439. The maximum absolute atomic E-state index is 6.29. The molecular weight excluding hydrogens is 246 g/mol. The van der Waals surface area contributed by atoms with E-state index < -0.39 is 0 Å². The van der Waals surface area contributed by atoms with Crippen LogP contribution in [0.1, 0.15) is 30.6 Å². The van der Waals surface area contributed by atoms with E-state index in [0.29, 0.717) is 0 Å². The second-order valence-electron chi connectivity index (χ2n) is 3.98. The minimum absolute atomic E-state index is 0.101. The fourth-order valence-corrected chi connectivity index (χ4v) is 3.66. The van der Waals surface area contributed by atoms with E-state index in [9.17, 15) is 0 Å². The van der Waals surface area contributed by atoms with Gasteiger partial charge in [-0.2, -0.15) is 0 Å². The number of halogens is 1. The predicted octanol–water partition coefficient (Wildman–Crippen LogP) is 3.32. The number of rotatable bonds is 2. The molecule has 1 aromatic heterocycles. The quantitative estimate of drug-likeness (QED) is 0.867. The normalized spacial score (nSPS) is 20.8. The molecule has 1 fully saturated rings. The second-order valence-corrected chi connectivity index (χ2v) is 5.89. The first-order valence-electron chi connectivity index (χ1n) is 4.70. The Balaban J connectivity index is 2.04. The van der Waals surface area contributed by atoms with Crippen LogP contribution in [0.25, 0.3) is 0 Å². The Morgan fingerprint density at radius 1 is 1.46 bits per heavy atom. The largest absolute Gasteiger partial charge is 0.325 e. The zero-order valence-electron chi connectivity index (χ0n) is 7.55. The summed E-state index contributed by atoms with van der Waals surface area (Å²) in [4.78, 5) is 1.41. The summed E-state index contributed by atoms with van der Waals surface area (Å²) in [6.45, 7) is 0. The average Bonchev–Trinajstić information content (AvgIpc) is 2.62. The van der Waals surface area contributed by atoms with Gasteiger partial charge < -0.3 is 5.73 Å². The first kappa shape index (κ1) is 9.69. The predicted molar refractivity (Wildman–Crippen MR) is 61.1 cm³/mol. The van der Waals surface area contributed by atoms with Gasteiger partial charge in [-0.25, -0.2) is 0 Å². The van der Waals surface area contributed by atoms with Crippen molar-refractivity contribution >= 4 is 27.3 Å². The summed E-state index contributed by atoms with van der Waals surface area (Å²) in [5.74, 6) is 0. The van der Waals surface area contributed by atoms with Crippen molar-refractivity contribution in [1.82, 2.24) is 0 Å². The van der Waals surface area contributed by atoms with Gasteiger partial charge in [-0.3, -0.25) is 0 Å². The van der Waals surface area contributed by atoms with Crippen LogP contribution < -0.4 is 5.73 Å². The molecule has 0 amide bonds. The molecule has 1 saturated carbocycles. The van der Waals surface area contributed by atoms with E-state index in [1.54, 1.807) is 0 Å². The van der Waals surface area contributed by atoms with Crippen LogP contribution in [0.15, 0.2) is 15.9 Å². The summed E-state index contributed by atoms with van der Waals surface area (Å²) in [6, 6.07) is 2.19. The second kappa shape index (κ2) is 3.71. The third-order valence-electron chi connectivity index (χ3n) is 2.75. The molecule has 1 nitrogen and oxygen atoms in total. The van der Waals surface area contributed by atoms with Crippen molar-refractivity contribution in [2.24, 2.45) is 5.73 Å². The van der Waals surface area contributed by atoms with E-state index in [4.69, 9.17) is 5.73 Å². The van der Waals surface area contributed by atoms with E-state index in [1.165, 1.54) is 35.0 Å². The minimum Gasteiger partial charge on any atom is -0.325 e. The van der Waals surface area contributed by atoms with E-state index >= 15 is 0 Å². The van der Waals surface area contributed by atoms with Crippen LogP contribution >= 0.6 is 27.3 Å². The topological polar surface area (TPSA) is 26.0 Å². The van der Waals surface area contributed by atoms with Crippen molar-refractivity contribution < 1.29 is 0 Å². The van der Waals surface area contributed by atoms with Crippen molar-refractivity contribution in [3.8, 4) is 0 Å². The van der Waals surface area contributed by atoms with Crippen LogP contribution in [0.2, 0.25) is 0 Å². The van der Waals surface area contributed by atoms with Gasteiger partial charge in [-0.15, -0.1) is 11.3 Å². The Morgan fingerprint density at radius 3 is 2.69 bits per heavy atom. The fraction of sp³-hybridized carbons (Fsp3) is 0.600. The maximum atomic E-state index is 6.29. The average molecular weight is 260 g/mol. The van der Waals surface area contributed by atoms with Gasteiger partial charge in [0.1, 0.15) is 0 Å². The molecule has 0 bridgehead atoms. The molecule has 0 aliphatic heterocycles. The summed E-state index contributed by atoms with van der Waals surface area (Å²) < 4.78 is 1.19. The SMILES string of the molecule is NC1(Cc2cc(Br)cs2)CCCC1. The van der Waals surface area contributed by atoms with Crippen LogP contribution in [0.4, 0.5) is 0 Å². The summed E-state index contributed by atoms with van der Waals surface area (Å²) in [5, 5.41) is 2.13. The molecule has 0 unspecified atom stereocenters.